The van der Waals surface area contributed by atoms with Crippen LogP contribution in [0.15, 0.2) is 40.6 Å². The van der Waals surface area contributed by atoms with E-state index in [0.29, 0.717) is 22.9 Å². The fourth-order valence-corrected chi connectivity index (χ4v) is 4.32. The molecule has 0 saturated heterocycles. The summed E-state index contributed by atoms with van der Waals surface area (Å²) in [6.45, 7) is 2.61. The summed E-state index contributed by atoms with van der Waals surface area (Å²) in [5.41, 5.74) is 0.370. The molecule has 1 N–H and O–H groups in total. The lowest BCUT2D eigenvalue weighted by molar-refractivity contribution is 0.0958. The summed E-state index contributed by atoms with van der Waals surface area (Å²) < 4.78 is 31.8. The van der Waals surface area contributed by atoms with Gasteiger partial charge in [0.15, 0.2) is 0 Å². The molecule has 1 aromatic carbocycles. The number of sulfonamides is 1. The average molecular weight is 383 g/mol. The van der Waals surface area contributed by atoms with Crippen LogP contribution >= 0.6 is 11.3 Å². The lowest BCUT2D eigenvalue weighted by Gasteiger charge is -2.20. The van der Waals surface area contributed by atoms with Crippen molar-refractivity contribution < 1.29 is 17.9 Å². The normalized spacial score (nSPS) is 11.2. The van der Waals surface area contributed by atoms with E-state index < -0.39 is 10.0 Å². The fourth-order valence-electron chi connectivity index (χ4n) is 2.21. The molecular formula is C17H22N2O4S2. The molecule has 0 atom stereocenters. The molecule has 0 spiro atoms. The third-order valence-electron chi connectivity index (χ3n) is 3.72. The number of carbonyl (C=O) groups is 1. The molecule has 2 aromatic rings. The van der Waals surface area contributed by atoms with Gasteiger partial charge < -0.3 is 10.1 Å². The maximum absolute atomic E-state index is 12.8. The minimum absolute atomic E-state index is 0.138. The first-order valence-corrected chi connectivity index (χ1v) is 10.2. The molecule has 0 radical (unpaired) electrons. The van der Waals surface area contributed by atoms with Crippen LogP contribution in [0.3, 0.4) is 0 Å². The van der Waals surface area contributed by atoms with Crippen LogP contribution < -0.4 is 14.4 Å². The van der Waals surface area contributed by atoms with E-state index in [2.05, 4.69) is 5.32 Å². The SMILES string of the molecule is CCCCNC(=O)c1sccc1N(C)S(=O)(=O)c1ccc(OC)cc1. The van der Waals surface area contributed by atoms with Gasteiger partial charge in [0.25, 0.3) is 15.9 Å². The van der Waals surface area contributed by atoms with E-state index in [9.17, 15) is 13.2 Å². The first-order chi connectivity index (χ1) is 11.9. The van der Waals surface area contributed by atoms with E-state index in [1.54, 1.807) is 23.6 Å². The lowest BCUT2D eigenvalue weighted by atomic mass is 10.3. The van der Waals surface area contributed by atoms with E-state index in [0.717, 1.165) is 17.1 Å². The summed E-state index contributed by atoms with van der Waals surface area (Å²) in [7, 11) is -0.797. The molecule has 136 valence electrons. The van der Waals surface area contributed by atoms with Crippen molar-refractivity contribution in [3.05, 3.63) is 40.6 Å². The van der Waals surface area contributed by atoms with Crippen LogP contribution in [0.4, 0.5) is 5.69 Å². The Bertz CT molecular complexity index is 813. The number of rotatable bonds is 8. The minimum Gasteiger partial charge on any atom is -0.497 e. The number of carbonyl (C=O) groups excluding carboxylic acids is 1. The highest BCUT2D eigenvalue weighted by Crippen LogP contribution is 2.30. The topological polar surface area (TPSA) is 75.7 Å². The monoisotopic (exact) mass is 382 g/mol. The molecule has 0 aliphatic heterocycles. The van der Waals surface area contributed by atoms with Gasteiger partial charge in [-0.3, -0.25) is 9.10 Å². The van der Waals surface area contributed by atoms with Crippen LogP contribution in [0, 0.1) is 0 Å². The zero-order valence-corrected chi connectivity index (χ0v) is 16.1. The molecule has 1 amide bonds. The van der Waals surface area contributed by atoms with Gasteiger partial charge in [-0.15, -0.1) is 11.3 Å². The highest BCUT2D eigenvalue weighted by Gasteiger charge is 2.26. The zero-order chi connectivity index (χ0) is 18.4. The van der Waals surface area contributed by atoms with Gasteiger partial charge in [0.2, 0.25) is 0 Å². The Morgan fingerprint density at radius 1 is 1.24 bits per heavy atom. The Hall–Kier alpha value is -2.06. The van der Waals surface area contributed by atoms with Crippen molar-refractivity contribution >= 4 is 33.0 Å². The smallest absolute Gasteiger partial charge is 0.264 e. The number of benzene rings is 1. The van der Waals surface area contributed by atoms with Gasteiger partial charge in [0.05, 0.1) is 17.7 Å². The summed E-state index contributed by atoms with van der Waals surface area (Å²) in [5.74, 6) is 0.323. The van der Waals surface area contributed by atoms with E-state index in [4.69, 9.17) is 4.74 Å². The summed E-state index contributed by atoms with van der Waals surface area (Å²) in [6, 6.07) is 7.79. The first kappa shape index (κ1) is 19.3. The van der Waals surface area contributed by atoms with Crippen molar-refractivity contribution in [3.8, 4) is 5.75 Å². The molecule has 25 heavy (non-hydrogen) atoms. The molecule has 1 heterocycles. The molecule has 0 saturated carbocycles. The minimum atomic E-state index is -3.76. The van der Waals surface area contributed by atoms with Crippen LogP contribution in [0.5, 0.6) is 5.75 Å². The maximum atomic E-state index is 12.8. The predicted octanol–water partition coefficient (Wildman–Crippen LogP) is 3.11. The van der Waals surface area contributed by atoms with Crippen molar-refractivity contribution in [1.82, 2.24) is 5.32 Å². The molecule has 1 aromatic heterocycles. The Kier molecular flexibility index (Phi) is 6.44. The summed E-state index contributed by atoms with van der Waals surface area (Å²) in [6.07, 6.45) is 1.86. The second kappa shape index (κ2) is 8.35. The van der Waals surface area contributed by atoms with Crippen molar-refractivity contribution in [2.24, 2.45) is 0 Å². The second-order valence-electron chi connectivity index (χ2n) is 5.39. The molecule has 6 nitrogen and oxygen atoms in total. The third-order valence-corrected chi connectivity index (χ3v) is 6.41. The summed E-state index contributed by atoms with van der Waals surface area (Å²) in [4.78, 5) is 12.8. The van der Waals surface area contributed by atoms with Crippen LogP contribution in [0.1, 0.15) is 29.4 Å². The Balaban J connectivity index is 2.26. The van der Waals surface area contributed by atoms with E-state index >= 15 is 0 Å². The number of hydrogen-bond acceptors (Lipinski definition) is 5. The molecule has 0 unspecified atom stereocenters. The average Bonchev–Trinajstić information content (AvgIpc) is 3.10. The Morgan fingerprint density at radius 2 is 1.92 bits per heavy atom. The number of hydrogen-bond donors (Lipinski definition) is 1. The highest BCUT2D eigenvalue weighted by molar-refractivity contribution is 7.92. The van der Waals surface area contributed by atoms with Gasteiger partial charge in [-0.05, 0) is 42.1 Å². The molecule has 0 aliphatic rings. The Labute approximate surface area is 152 Å². The molecule has 0 fully saturated rings. The summed E-state index contributed by atoms with van der Waals surface area (Å²) >= 11 is 1.22. The second-order valence-corrected chi connectivity index (χ2v) is 8.28. The number of thiophene rings is 1. The van der Waals surface area contributed by atoms with Crippen molar-refractivity contribution in [2.75, 3.05) is 25.0 Å². The van der Waals surface area contributed by atoms with Gasteiger partial charge >= 0.3 is 0 Å². The van der Waals surface area contributed by atoms with Crippen molar-refractivity contribution in [1.29, 1.82) is 0 Å². The number of methoxy groups -OCH3 is 1. The van der Waals surface area contributed by atoms with Gasteiger partial charge in [0.1, 0.15) is 10.6 Å². The van der Waals surface area contributed by atoms with E-state index in [1.807, 2.05) is 6.92 Å². The summed E-state index contributed by atoms with van der Waals surface area (Å²) in [5, 5.41) is 4.53. The number of anilines is 1. The lowest BCUT2D eigenvalue weighted by Crippen LogP contribution is -2.30. The first-order valence-electron chi connectivity index (χ1n) is 7.90. The number of amides is 1. The van der Waals surface area contributed by atoms with E-state index in [1.165, 1.54) is 37.6 Å². The van der Waals surface area contributed by atoms with Crippen molar-refractivity contribution in [2.45, 2.75) is 24.7 Å². The van der Waals surface area contributed by atoms with Crippen LogP contribution in [0.25, 0.3) is 0 Å². The van der Waals surface area contributed by atoms with Crippen LogP contribution in [-0.4, -0.2) is 35.0 Å². The van der Waals surface area contributed by atoms with Crippen LogP contribution in [0.2, 0.25) is 0 Å². The van der Waals surface area contributed by atoms with Gasteiger partial charge in [-0.2, -0.15) is 0 Å². The predicted molar refractivity (Wildman–Crippen MR) is 100 cm³/mol. The van der Waals surface area contributed by atoms with Gasteiger partial charge in [0, 0.05) is 13.6 Å². The Morgan fingerprint density at radius 3 is 2.52 bits per heavy atom. The fraction of sp³-hybridized carbons (Fsp3) is 0.353. The van der Waals surface area contributed by atoms with Gasteiger partial charge in [-0.25, -0.2) is 8.42 Å². The van der Waals surface area contributed by atoms with Crippen molar-refractivity contribution in [3.63, 3.8) is 0 Å². The molecule has 8 heteroatoms. The number of nitrogens with one attached hydrogen (secondary N) is 1. The molecule has 0 aliphatic carbocycles. The standard InChI is InChI=1S/C17H22N2O4S2/c1-4-5-11-18-17(20)16-15(10-12-24-16)19(2)25(21,22)14-8-6-13(23-3)7-9-14/h6-10,12H,4-5,11H2,1-3H3,(H,18,20). The maximum Gasteiger partial charge on any atom is 0.264 e. The van der Waals surface area contributed by atoms with Gasteiger partial charge in [-0.1, -0.05) is 13.3 Å². The van der Waals surface area contributed by atoms with E-state index in [-0.39, 0.29) is 10.8 Å². The van der Waals surface area contributed by atoms with Crippen LogP contribution in [-0.2, 0) is 10.0 Å². The number of nitrogens with zero attached hydrogens (tertiary/aromatic N) is 1. The molecule has 0 bridgehead atoms. The largest absolute Gasteiger partial charge is 0.497 e. The molecular weight excluding hydrogens is 360 g/mol. The zero-order valence-electron chi connectivity index (χ0n) is 14.5. The quantitative estimate of drug-likeness (QED) is 0.712. The third kappa shape index (κ3) is 4.32. The molecule has 2 rings (SSSR count). The number of ether oxygens (including phenoxy) is 1. The highest BCUT2D eigenvalue weighted by atomic mass is 32.2. The number of unbranched alkanes of at least 4 members (excludes halogenated alkanes) is 1.